The van der Waals surface area contributed by atoms with Crippen molar-refractivity contribution in [2.24, 2.45) is 0 Å². The van der Waals surface area contributed by atoms with Crippen molar-refractivity contribution in [1.29, 1.82) is 21.0 Å². The van der Waals surface area contributed by atoms with E-state index in [4.69, 9.17) is 10.5 Å². The van der Waals surface area contributed by atoms with Crippen molar-refractivity contribution in [2.45, 2.75) is 68.0 Å². The Kier molecular flexibility index (Phi) is 24.3. The summed E-state index contributed by atoms with van der Waals surface area (Å²) in [6.07, 6.45) is 7.15. The number of benzene rings is 6. The summed E-state index contributed by atoms with van der Waals surface area (Å²) in [6, 6.07) is 75.7. The molecule has 0 spiro atoms. The first-order valence-corrected chi connectivity index (χ1v) is 28.0. The van der Waals surface area contributed by atoms with Gasteiger partial charge in [0.15, 0.2) is 12.3 Å². The monoisotopic (exact) mass is 1190 g/mol. The van der Waals surface area contributed by atoms with Crippen LogP contribution in [0.4, 0.5) is 0 Å². The van der Waals surface area contributed by atoms with E-state index in [0.29, 0.717) is 0 Å². The molecule has 0 amide bonds. The van der Waals surface area contributed by atoms with Crippen LogP contribution in [0.25, 0.3) is 0 Å². The van der Waals surface area contributed by atoms with Gasteiger partial charge in [-0.05, 0) is 77.9 Å². The molecule has 12 rings (SSSR count). The van der Waals surface area contributed by atoms with Gasteiger partial charge in [-0.2, -0.15) is 73.9 Å². The molecule has 434 valence electrons. The fraction of sp³-hybridized carbons (Fsp3) is 0.147. The Hall–Kier alpha value is -10.8. The van der Waals surface area contributed by atoms with Crippen molar-refractivity contribution in [3.8, 4) is 24.1 Å². The van der Waals surface area contributed by atoms with Gasteiger partial charge < -0.3 is 0 Å². The van der Waals surface area contributed by atoms with Gasteiger partial charge in [-0.15, -0.1) is 11.9 Å². The number of rotatable bonds is 12. The Bertz CT molecular complexity index is 3480. The first-order valence-electron chi connectivity index (χ1n) is 28.0. The van der Waals surface area contributed by atoms with Gasteiger partial charge in [0.2, 0.25) is 12.6 Å². The number of hydrogen-bond donors (Lipinski definition) is 0. The Balaban J connectivity index is 0.000000179. The van der Waals surface area contributed by atoms with Crippen LogP contribution in [0.2, 0.25) is 0 Å². The number of nitrogens with zero attached hydrogens (tertiary/aromatic N) is 16. The van der Waals surface area contributed by atoms with Gasteiger partial charge >= 0.3 is 17.1 Å². The number of aromatic nitrogens is 12. The van der Waals surface area contributed by atoms with Crippen molar-refractivity contribution in [2.75, 3.05) is 0 Å². The third-order valence-electron chi connectivity index (χ3n) is 14.7. The molecule has 12 aromatic rings. The predicted octanol–water partition coefficient (Wildman–Crippen LogP) is 9.00. The van der Waals surface area contributed by atoms with E-state index < -0.39 is 12.3 Å². The molecule has 0 unspecified atom stereocenters. The van der Waals surface area contributed by atoms with Gasteiger partial charge in [0.05, 0.1) is 12.1 Å². The maximum Gasteiger partial charge on any atom is 2.00 e. The Morgan fingerprint density at radius 1 is 0.276 bits per heavy atom. The van der Waals surface area contributed by atoms with Crippen molar-refractivity contribution in [1.82, 2.24) is 58.7 Å². The molecule has 0 radical (unpaired) electrons. The minimum Gasteiger partial charge on any atom is -0.248 e. The maximum atomic E-state index is 10.1. The van der Waals surface area contributed by atoms with E-state index in [0.717, 1.165) is 66.9 Å². The zero-order chi connectivity index (χ0) is 61.3. The molecule has 0 fully saturated rings. The molecule has 0 N–H and O–H groups in total. The molecule has 19 heteroatoms. The second kappa shape index (κ2) is 32.3. The number of aryl methyl sites for hydroxylation is 6. The van der Waals surface area contributed by atoms with Gasteiger partial charge in [-0.3, -0.25) is 0 Å². The van der Waals surface area contributed by atoms with E-state index in [9.17, 15) is 10.5 Å². The largest absolute Gasteiger partial charge is 2.00 e. The summed E-state index contributed by atoms with van der Waals surface area (Å²) < 4.78 is 11.5. The minimum atomic E-state index is -1.59. The Morgan fingerprint density at radius 3 is 0.517 bits per heavy atom. The summed E-state index contributed by atoms with van der Waals surface area (Å²) >= 11 is 0. The predicted molar refractivity (Wildman–Crippen MR) is 343 cm³/mol. The standard InChI is InChI=1S/2C19H15BN.2C13H16N6.2C2H3N.Fe/c2*21-16-20(17-10-4-1-5-11-17,18-12-6-2-7-13-18)19-14-8-3-9-15-19;2*1-10-4-7-14-17(10)13(18-11(2)5-8-15-18)19-12(3)6-9-16-19;2*1-2-3;/h2*1-15H;2*4-9,13H,1-3H3;2*1H3;/q2*-1;;;;;+2. The number of hydrogen-bond acceptors (Lipinski definition) is 10. The minimum absolute atomic E-state index is 0. The first-order chi connectivity index (χ1) is 41.9. The first kappa shape index (κ1) is 65.3. The molecular formula is C68H68B2FeN16. The molecule has 0 bridgehead atoms. The van der Waals surface area contributed by atoms with Gasteiger partial charge in [0.25, 0.3) is 0 Å². The van der Waals surface area contributed by atoms with Gasteiger partial charge in [0.1, 0.15) is 0 Å². The summed E-state index contributed by atoms with van der Waals surface area (Å²) in [7, 11) is 0. The van der Waals surface area contributed by atoms with E-state index >= 15 is 0 Å². The van der Waals surface area contributed by atoms with E-state index in [1.807, 2.05) is 288 Å². The summed E-state index contributed by atoms with van der Waals surface area (Å²) in [5.41, 5.74) is 12.7. The zero-order valence-corrected chi connectivity index (χ0v) is 51.2. The SMILES string of the molecule is CC#N.CC#N.Cc1ccnn1C(n1nccc1C)n1nccc1C.Cc1ccnn1C(n1nccc1C)n1nccc1C.N#C[B-](c1ccccc1)(c1ccccc1)c1ccccc1.N#C[B-](c1ccccc1)(c1ccccc1)c1ccccc1.[Fe+2]. The summed E-state index contributed by atoms with van der Waals surface area (Å²) in [5.74, 6) is 5.25. The molecule has 0 saturated heterocycles. The molecule has 0 aliphatic carbocycles. The van der Waals surface area contributed by atoms with Crippen LogP contribution in [0.15, 0.2) is 256 Å². The molecule has 16 nitrogen and oxygen atoms in total. The van der Waals surface area contributed by atoms with Crippen LogP contribution in [0.3, 0.4) is 0 Å². The van der Waals surface area contributed by atoms with Crippen molar-refractivity contribution >= 4 is 45.1 Å². The quantitative estimate of drug-likeness (QED) is 0.106. The molecule has 6 aromatic heterocycles. The van der Waals surface area contributed by atoms with E-state index in [2.05, 4.69) is 42.5 Å². The summed E-state index contributed by atoms with van der Waals surface area (Å²) in [4.78, 5) is 0. The second-order valence-electron chi connectivity index (χ2n) is 20.1. The van der Waals surface area contributed by atoms with E-state index in [1.54, 1.807) is 49.3 Å². The van der Waals surface area contributed by atoms with E-state index in [-0.39, 0.29) is 29.6 Å². The summed E-state index contributed by atoms with van der Waals surface area (Å²) in [6.45, 7) is 15.0. The molecule has 0 atom stereocenters. The van der Waals surface area contributed by atoms with Crippen molar-refractivity contribution in [3.63, 3.8) is 0 Å². The third kappa shape index (κ3) is 15.1. The number of nitriles is 4. The average Bonchev–Trinajstić information content (AvgIpc) is 2.07. The molecule has 87 heavy (non-hydrogen) atoms. The Labute approximate surface area is 520 Å². The molecule has 6 aromatic carbocycles. The van der Waals surface area contributed by atoms with E-state index in [1.165, 1.54) is 13.8 Å². The topological polar surface area (TPSA) is 202 Å². The molecule has 6 heterocycles. The molecule has 0 saturated carbocycles. The third-order valence-corrected chi connectivity index (χ3v) is 14.7. The maximum absolute atomic E-state index is 10.1. The van der Waals surface area contributed by atoms with Crippen LogP contribution in [-0.4, -0.2) is 71.0 Å². The molecule has 0 aliphatic rings. The normalized spacial score (nSPS) is 10.4. The fourth-order valence-electron chi connectivity index (χ4n) is 10.4. The molecule has 0 aliphatic heterocycles. The van der Waals surface area contributed by atoms with Crippen LogP contribution in [0.5, 0.6) is 0 Å². The molecular weight excluding hydrogens is 1120 g/mol. The summed E-state index contributed by atoms with van der Waals surface area (Å²) in [5, 5.41) is 61.3. The van der Waals surface area contributed by atoms with Crippen molar-refractivity contribution in [3.05, 3.63) is 290 Å². The fourth-order valence-corrected chi connectivity index (χ4v) is 10.4. The van der Waals surface area contributed by atoms with Gasteiger partial charge in [-0.25, -0.2) is 38.6 Å². The van der Waals surface area contributed by atoms with Crippen molar-refractivity contribution < 1.29 is 17.1 Å². The average molecular weight is 1190 g/mol. The van der Waals surface area contributed by atoms with Gasteiger partial charge in [-0.1, -0.05) is 182 Å². The van der Waals surface area contributed by atoms with Crippen LogP contribution >= 0.6 is 0 Å². The van der Waals surface area contributed by atoms with Crippen LogP contribution < -0.4 is 32.8 Å². The van der Waals surface area contributed by atoms with Crippen LogP contribution in [-0.2, 0) is 17.1 Å². The Morgan fingerprint density at radius 2 is 0.414 bits per heavy atom. The van der Waals surface area contributed by atoms with Crippen LogP contribution in [0, 0.1) is 86.7 Å². The second-order valence-corrected chi connectivity index (χ2v) is 20.1. The van der Waals surface area contributed by atoms with Crippen LogP contribution in [0.1, 0.15) is 60.6 Å². The zero-order valence-electron chi connectivity index (χ0n) is 50.1. The smallest absolute Gasteiger partial charge is 0.248 e. The van der Waals surface area contributed by atoms with Gasteiger partial charge in [0, 0.05) is 85.2 Å².